The van der Waals surface area contributed by atoms with Gasteiger partial charge < -0.3 is 18.5 Å². The number of benzene rings is 2. The molecule has 8 nitrogen and oxygen atoms in total. The number of fused-ring (bicyclic) bond motifs is 1. The van der Waals surface area contributed by atoms with Crippen molar-refractivity contribution in [1.82, 2.24) is 4.57 Å². The summed E-state index contributed by atoms with van der Waals surface area (Å²) in [6.07, 6.45) is 3.98. The molecule has 0 aliphatic heterocycles. The Labute approximate surface area is 195 Å². The second-order valence-corrected chi connectivity index (χ2v) is 9.18. The van der Waals surface area contributed by atoms with Gasteiger partial charge in [0.1, 0.15) is 18.4 Å². The molecule has 0 unspecified atom stereocenters. The summed E-state index contributed by atoms with van der Waals surface area (Å²) in [4.78, 5) is 0. The van der Waals surface area contributed by atoms with Gasteiger partial charge in [0.25, 0.3) is 10.0 Å². The number of hydrogen-bond donors (Lipinski definition) is 1. The first-order chi connectivity index (χ1) is 15.8. The third-order valence-corrected chi connectivity index (χ3v) is 5.91. The molecule has 2 aromatic heterocycles. The monoisotopic (exact) mass is 485 g/mol. The Bertz CT molecular complexity index is 1470. The van der Waals surface area contributed by atoms with E-state index in [9.17, 15) is 13.7 Å². The Hall–Kier alpha value is -3.45. The van der Waals surface area contributed by atoms with Crippen molar-refractivity contribution in [3.63, 3.8) is 0 Å². The fraction of sp³-hybridized carbons (Fsp3) is 0.174. The van der Waals surface area contributed by atoms with Crippen LogP contribution in [0.3, 0.4) is 0 Å². The Balaban J connectivity index is 1.58. The molecular formula is C23H20ClN3O5S. The predicted molar refractivity (Wildman–Crippen MR) is 123 cm³/mol. The van der Waals surface area contributed by atoms with E-state index in [0.717, 1.165) is 23.0 Å². The lowest BCUT2D eigenvalue weighted by Crippen LogP contribution is -2.10. The Morgan fingerprint density at radius 1 is 1.18 bits per heavy atom. The smallest absolute Gasteiger partial charge is 0.271 e. The average molecular weight is 486 g/mol. The zero-order chi connectivity index (χ0) is 23.6. The SMILES string of the molecule is CCCOc1c(Cl)cc(-n2ccc3cc(OCc4coc(S(N)(=O)=O)c4)ccc32)cc1C#N. The van der Waals surface area contributed by atoms with Crippen LogP contribution in [0.4, 0.5) is 0 Å². The van der Waals surface area contributed by atoms with E-state index in [4.69, 9.17) is 30.6 Å². The van der Waals surface area contributed by atoms with Crippen molar-refractivity contribution in [3.05, 3.63) is 71.1 Å². The molecule has 2 heterocycles. The number of aromatic nitrogens is 1. The molecule has 0 aliphatic carbocycles. The third kappa shape index (κ3) is 4.83. The molecular weight excluding hydrogens is 466 g/mol. The summed E-state index contributed by atoms with van der Waals surface area (Å²) in [7, 11) is -3.90. The molecule has 0 atom stereocenters. The van der Waals surface area contributed by atoms with Crippen molar-refractivity contribution in [2.75, 3.05) is 6.61 Å². The van der Waals surface area contributed by atoms with Crippen molar-refractivity contribution in [1.29, 1.82) is 5.26 Å². The van der Waals surface area contributed by atoms with Crippen LogP contribution in [0.1, 0.15) is 24.5 Å². The molecule has 0 saturated heterocycles. The number of nitrogens with two attached hydrogens (primary N) is 1. The lowest BCUT2D eigenvalue weighted by atomic mass is 10.2. The minimum absolute atomic E-state index is 0.117. The predicted octanol–water partition coefficient (Wildman–Crippen LogP) is 4.76. The number of furan rings is 1. The first kappa shape index (κ1) is 22.7. The van der Waals surface area contributed by atoms with E-state index in [1.165, 1.54) is 12.3 Å². The van der Waals surface area contributed by atoms with Crippen molar-refractivity contribution in [3.8, 4) is 23.3 Å². The second-order valence-electron chi connectivity index (χ2n) is 7.28. The van der Waals surface area contributed by atoms with E-state index in [0.29, 0.717) is 34.3 Å². The maximum atomic E-state index is 11.3. The highest BCUT2D eigenvalue weighted by Gasteiger charge is 2.15. The summed E-state index contributed by atoms with van der Waals surface area (Å²) in [6.45, 7) is 2.58. The molecule has 0 bridgehead atoms. The van der Waals surface area contributed by atoms with E-state index < -0.39 is 10.0 Å². The standard InChI is InChI=1S/C23H20ClN3O5S/c1-2-7-30-23-17(12-25)9-18(11-20(23)24)27-6-5-16-10-19(3-4-21(16)27)31-13-15-8-22(32-14-15)33(26,28)29/h3-6,8-11,14H,2,7,13H2,1H3,(H2,26,28,29). The molecule has 0 aliphatic rings. The summed E-state index contributed by atoms with van der Waals surface area (Å²) in [5.74, 6) is 0.986. The molecule has 4 rings (SSSR count). The number of nitrogens with zero attached hydrogens (tertiary/aromatic N) is 2. The Morgan fingerprint density at radius 3 is 2.70 bits per heavy atom. The number of nitriles is 1. The van der Waals surface area contributed by atoms with E-state index in [-0.39, 0.29) is 11.7 Å². The Kier molecular flexibility index (Phi) is 6.33. The van der Waals surface area contributed by atoms with Crippen LogP contribution in [-0.4, -0.2) is 19.6 Å². The fourth-order valence-corrected chi connectivity index (χ4v) is 4.10. The van der Waals surface area contributed by atoms with Crippen molar-refractivity contribution in [2.24, 2.45) is 5.14 Å². The number of rotatable bonds is 8. The van der Waals surface area contributed by atoms with Crippen LogP contribution >= 0.6 is 11.6 Å². The molecule has 0 saturated carbocycles. The van der Waals surface area contributed by atoms with Crippen molar-refractivity contribution >= 4 is 32.5 Å². The highest BCUT2D eigenvalue weighted by atomic mass is 35.5. The molecule has 0 radical (unpaired) electrons. The van der Waals surface area contributed by atoms with E-state index in [2.05, 4.69) is 6.07 Å². The molecule has 0 amide bonds. The zero-order valence-corrected chi connectivity index (χ0v) is 19.2. The van der Waals surface area contributed by atoms with Gasteiger partial charge in [-0.05, 0) is 42.8 Å². The van der Waals surface area contributed by atoms with Gasteiger partial charge in [-0.1, -0.05) is 18.5 Å². The first-order valence-corrected chi connectivity index (χ1v) is 11.9. The Morgan fingerprint density at radius 2 is 2.00 bits per heavy atom. The number of hydrogen-bond acceptors (Lipinski definition) is 6. The van der Waals surface area contributed by atoms with Gasteiger partial charge in [0.15, 0.2) is 5.75 Å². The van der Waals surface area contributed by atoms with Crippen LogP contribution in [0.25, 0.3) is 16.6 Å². The quantitative estimate of drug-likeness (QED) is 0.384. The summed E-state index contributed by atoms with van der Waals surface area (Å²) in [5, 5.41) is 15.6. The molecule has 0 spiro atoms. The fourth-order valence-electron chi connectivity index (χ4n) is 3.33. The number of ether oxygens (including phenoxy) is 2. The molecule has 2 N–H and O–H groups in total. The second kappa shape index (κ2) is 9.19. The van der Waals surface area contributed by atoms with Crippen LogP contribution in [0, 0.1) is 11.3 Å². The van der Waals surface area contributed by atoms with Crippen LogP contribution in [0.5, 0.6) is 11.5 Å². The van der Waals surface area contributed by atoms with Crippen molar-refractivity contribution in [2.45, 2.75) is 25.0 Å². The van der Waals surface area contributed by atoms with E-state index in [1.807, 2.05) is 35.9 Å². The zero-order valence-electron chi connectivity index (χ0n) is 17.6. The largest absolute Gasteiger partial charge is 0.491 e. The van der Waals surface area contributed by atoms with Gasteiger partial charge in [-0.25, -0.2) is 13.6 Å². The van der Waals surface area contributed by atoms with E-state index >= 15 is 0 Å². The van der Waals surface area contributed by atoms with Crippen LogP contribution in [0.2, 0.25) is 5.02 Å². The van der Waals surface area contributed by atoms with Crippen LogP contribution in [-0.2, 0) is 16.6 Å². The molecule has 33 heavy (non-hydrogen) atoms. The number of primary sulfonamides is 1. The first-order valence-electron chi connectivity index (χ1n) is 10.0. The molecule has 10 heteroatoms. The highest BCUT2D eigenvalue weighted by molar-refractivity contribution is 7.89. The molecule has 170 valence electrons. The third-order valence-electron chi connectivity index (χ3n) is 4.85. The summed E-state index contributed by atoms with van der Waals surface area (Å²) in [5.41, 5.74) is 2.54. The van der Waals surface area contributed by atoms with Crippen LogP contribution in [0.15, 0.2) is 64.4 Å². The van der Waals surface area contributed by atoms with Crippen molar-refractivity contribution < 1.29 is 22.3 Å². The minimum Gasteiger partial charge on any atom is -0.491 e. The molecule has 0 fully saturated rings. The van der Waals surface area contributed by atoms with Gasteiger partial charge in [0.05, 0.1) is 29.0 Å². The summed E-state index contributed by atoms with van der Waals surface area (Å²) in [6, 6.07) is 14.4. The number of halogens is 1. The molecule has 4 aromatic rings. The van der Waals surface area contributed by atoms with E-state index in [1.54, 1.807) is 18.2 Å². The van der Waals surface area contributed by atoms with Gasteiger partial charge in [-0.15, -0.1) is 0 Å². The minimum atomic E-state index is -3.90. The molecule has 2 aromatic carbocycles. The number of sulfonamides is 1. The topological polar surface area (TPSA) is 120 Å². The lowest BCUT2D eigenvalue weighted by Gasteiger charge is -2.13. The average Bonchev–Trinajstić information content (AvgIpc) is 3.43. The lowest BCUT2D eigenvalue weighted by molar-refractivity contribution is 0.305. The summed E-state index contributed by atoms with van der Waals surface area (Å²) >= 11 is 6.41. The maximum absolute atomic E-state index is 11.3. The van der Waals surface area contributed by atoms with Gasteiger partial charge in [0, 0.05) is 28.9 Å². The van der Waals surface area contributed by atoms with Gasteiger partial charge in [-0.3, -0.25) is 0 Å². The van der Waals surface area contributed by atoms with Crippen LogP contribution < -0.4 is 14.6 Å². The maximum Gasteiger partial charge on any atom is 0.271 e. The van der Waals surface area contributed by atoms with Gasteiger partial charge in [0.2, 0.25) is 5.09 Å². The highest BCUT2D eigenvalue weighted by Crippen LogP contribution is 2.33. The van der Waals surface area contributed by atoms with Gasteiger partial charge in [-0.2, -0.15) is 5.26 Å². The van der Waals surface area contributed by atoms with Gasteiger partial charge >= 0.3 is 0 Å². The summed E-state index contributed by atoms with van der Waals surface area (Å²) < 4.78 is 40.9. The normalized spacial score (nSPS) is 11.5.